The van der Waals surface area contributed by atoms with Crippen molar-refractivity contribution in [1.82, 2.24) is 0 Å². The van der Waals surface area contributed by atoms with Crippen LogP contribution in [0.25, 0.3) is 6.08 Å². The van der Waals surface area contributed by atoms with Crippen LogP contribution in [-0.2, 0) is 4.79 Å². The highest BCUT2D eigenvalue weighted by atomic mass is 79.9. The van der Waals surface area contributed by atoms with Crippen molar-refractivity contribution in [3.63, 3.8) is 0 Å². The average molecular weight is 347 g/mol. The lowest BCUT2D eigenvalue weighted by molar-refractivity contribution is -0.298. The van der Waals surface area contributed by atoms with Crippen LogP contribution in [0.1, 0.15) is 15.9 Å². The molecular formula is C11H7Br2O3-. The minimum atomic E-state index is -1.21. The fourth-order valence-electron chi connectivity index (χ4n) is 1.06. The highest BCUT2D eigenvalue weighted by Gasteiger charge is 2.01. The topological polar surface area (TPSA) is 57.2 Å². The third-order valence-electron chi connectivity index (χ3n) is 1.88. The quantitative estimate of drug-likeness (QED) is 0.474. The van der Waals surface area contributed by atoms with E-state index in [2.05, 4.69) is 31.9 Å². The number of aliphatic carboxylic acids is 1. The minimum Gasteiger partial charge on any atom is -0.545 e. The highest BCUT2D eigenvalue weighted by molar-refractivity contribution is 9.18. The van der Waals surface area contributed by atoms with Gasteiger partial charge in [0, 0.05) is 10.9 Å². The number of carboxylic acids is 1. The van der Waals surface area contributed by atoms with Crippen LogP contribution in [0.2, 0.25) is 0 Å². The predicted octanol–water partition coefficient (Wildman–Crippen LogP) is 1.75. The molecular weight excluding hydrogens is 340 g/mol. The molecule has 3 nitrogen and oxygen atoms in total. The van der Waals surface area contributed by atoms with Gasteiger partial charge in [0.1, 0.15) is 0 Å². The van der Waals surface area contributed by atoms with Crippen molar-refractivity contribution in [2.45, 2.75) is 0 Å². The Morgan fingerprint density at radius 3 is 2.19 bits per heavy atom. The number of rotatable bonds is 4. The number of hydrogen-bond donors (Lipinski definition) is 0. The molecule has 0 N–H and O–H groups in total. The van der Waals surface area contributed by atoms with Gasteiger partial charge in [-0.3, -0.25) is 4.79 Å². The minimum absolute atomic E-state index is 0.151. The number of hydrogen-bond acceptors (Lipinski definition) is 3. The summed E-state index contributed by atoms with van der Waals surface area (Å²) in [4.78, 5) is 21.6. The molecule has 0 saturated heterocycles. The Morgan fingerprint density at radius 1 is 1.25 bits per heavy atom. The molecule has 0 atom stereocenters. The lowest BCUT2D eigenvalue weighted by Gasteiger charge is -2.04. The molecule has 84 valence electrons. The lowest BCUT2D eigenvalue weighted by Crippen LogP contribution is -2.24. The van der Waals surface area contributed by atoms with Gasteiger partial charge in [-0.2, -0.15) is 0 Å². The van der Waals surface area contributed by atoms with E-state index in [0.717, 1.165) is 0 Å². The third-order valence-corrected chi connectivity index (χ3v) is 2.95. The molecule has 0 aliphatic carbocycles. The molecule has 0 aromatic heterocycles. The molecule has 0 unspecified atom stereocenters. The Hall–Kier alpha value is -0.940. The standard InChI is InChI=1S/C11H8Br2O3/c12-6-9(11(15)16)5-7-1-3-8(4-2-7)10(13)14/h1-5H,6H2,(H,15,16)/p-1/b9-5+. The molecule has 0 radical (unpaired) electrons. The predicted molar refractivity (Wildman–Crippen MR) is 66.5 cm³/mol. The van der Waals surface area contributed by atoms with E-state index in [-0.39, 0.29) is 15.6 Å². The van der Waals surface area contributed by atoms with Crippen molar-refractivity contribution in [2.24, 2.45) is 0 Å². The zero-order valence-corrected chi connectivity index (χ0v) is 11.2. The van der Waals surface area contributed by atoms with E-state index in [4.69, 9.17) is 0 Å². The second-order valence-electron chi connectivity index (χ2n) is 2.99. The smallest absolute Gasteiger partial charge is 0.228 e. The maximum absolute atomic E-state index is 10.9. The van der Waals surface area contributed by atoms with Gasteiger partial charge >= 0.3 is 0 Å². The molecule has 0 spiro atoms. The van der Waals surface area contributed by atoms with Crippen molar-refractivity contribution in [3.05, 3.63) is 41.0 Å². The van der Waals surface area contributed by atoms with Gasteiger partial charge in [0.05, 0.1) is 5.97 Å². The van der Waals surface area contributed by atoms with Crippen LogP contribution in [0.3, 0.4) is 0 Å². The Labute approximate surface area is 109 Å². The van der Waals surface area contributed by atoms with Crippen LogP contribution >= 0.6 is 31.9 Å². The third kappa shape index (κ3) is 3.57. The normalized spacial score (nSPS) is 11.2. The number of carbonyl (C=O) groups is 2. The molecule has 16 heavy (non-hydrogen) atoms. The second-order valence-corrected chi connectivity index (χ2v) is 4.27. The van der Waals surface area contributed by atoms with Gasteiger partial charge in [-0.15, -0.1) is 0 Å². The largest absolute Gasteiger partial charge is 0.545 e. The summed E-state index contributed by atoms with van der Waals surface area (Å²) in [6.07, 6.45) is 1.49. The van der Waals surface area contributed by atoms with E-state index in [9.17, 15) is 14.7 Å². The van der Waals surface area contributed by atoms with Crippen LogP contribution < -0.4 is 5.11 Å². The molecule has 0 fully saturated rings. The Kier molecular flexibility index (Phi) is 4.89. The SMILES string of the molecule is O=C([O-])/C(=C/c1ccc(C(=O)Br)cc1)CBr. The van der Waals surface area contributed by atoms with Crippen LogP contribution in [0.15, 0.2) is 29.8 Å². The molecule has 0 aliphatic rings. The summed E-state index contributed by atoms with van der Waals surface area (Å²) in [5, 5.41) is 10.9. The van der Waals surface area contributed by atoms with Crippen molar-refractivity contribution >= 4 is 48.6 Å². The number of benzene rings is 1. The van der Waals surface area contributed by atoms with Crippen LogP contribution in [0.5, 0.6) is 0 Å². The summed E-state index contributed by atoms with van der Waals surface area (Å²) in [7, 11) is 0. The zero-order chi connectivity index (χ0) is 12.1. The molecule has 1 aromatic carbocycles. The van der Waals surface area contributed by atoms with Gasteiger partial charge in [0.2, 0.25) is 4.69 Å². The monoisotopic (exact) mass is 345 g/mol. The maximum atomic E-state index is 10.9. The maximum Gasteiger partial charge on any atom is 0.228 e. The summed E-state index contributed by atoms with van der Waals surface area (Å²) in [6, 6.07) is 6.56. The Balaban J connectivity index is 2.98. The van der Waals surface area contributed by atoms with E-state index in [1.54, 1.807) is 24.3 Å². The molecule has 0 aliphatic heterocycles. The van der Waals surface area contributed by atoms with Gasteiger partial charge in [0.15, 0.2) is 0 Å². The molecule has 0 heterocycles. The number of halogens is 2. The molecule has 0 bridgehead atoms. The molecule has 1 rings (SSSR count). The van der Waals surface area contributed by atoms with Gasteiger partial charge in [-0.05, 0) is 45.3 Å². The molecule has 0 saturated carbocycles. The Morgan fingerprint density at radius 2 is 1.81 bits per heavy atom. The van der Waals surface area contributed by atoms with E-state index in [0.29, 0.717) is 11.1 Å². The van der Waals surface area contributed by atoms with E-state index in [1.807, 2.05) is 0 Å². The summed E-state index contributed by atoms with van der Waals surface area (Å²) in [5.41, 5.74) is 1.38. The number of alkyl halides is 1. The van der Waals surface area contributed by atoms with Gasteiger partial charge < -0.3 is 9.90 Å². The first kappa shape index (κ1) is 13.1. The fraction of sp³-hybridized carbons (Fsp3) is 0.0909. The van der Waals surface area contributed by atoms with Crippen LogP contribution in [-0.4, -0.2) is 16.0 Å². The van der Waals surface area contributed by atoms with E-state index in [1.165, 1.54) is 6.08 Å². The average Bonchev–Trinajstić information content (AvgIpc) is 2.26. The van der Waals surface area contributed by atoms with Gasteiger partial charge in [-0.25, -0.2) is 0 Å². The fourth-order valence-corrected chi connectivity index (χ4v) is 1.72. The van der Waals surface area contributed by atoms with E-state index < -0.39 is 5.97 Å². The number of carbonyl (C=O) groups excluding carboxylic acids is 2. The summed E-state index contributed by atoms with van der Waals surface area (Å²) in [6.45, 7) is 0. The summed E-state index contributed by atoms with van der Waals surface area (Å²) in [5.74, 6) is -1.21. The first-order chi connectivity index (χ1) is 7.54. The van der Waals surface area contributed by atoms with Crippen molar-refractivity contribution in [3.8, 4) is 0 Å². The molecule has 0 amide bonds. The van der Waals surface area contributed by atoms with Crippen LogP contribution in [0.4, 0.5) is 0 Å². The lowest BCUT2D eigenvalue weighted by atomic mass is 10.1. The highest BCUT2D eigenvalue weighted by Crippen LogP contribution is 2.12. The molecule has 1 aromatic rings. The summed E-state index contributed by atoms with van der Waals surface area (Å²) < 4.78 is -0.205. The Bertz CT molecular complexity index is 435. The van der Waals surface area contributed by atoms with Crippen molar-refractivity contribution < 1.29 is 14.7 Å². The van der Waals surface area contributed by atoms with Crippen molar-refractivity contribution in [2.75, 3.05) is 5.33 Å². The first-order valence-electron chi connectivity index (χ1n) is 4.32. The van der Waals surface area contributed by atoms with Crippen LogP contribution in [0, 0.1) is 0 Å². The van der Waals surface area contributed by atoms with Crippen molar-refractivity contribution in [1.29, 1.82) is 0 Å². The number of carboxylic acid groups (broad SMARTS) is 1. The van der Waals surface area contributed by atoms with Gasteiger partial charge in [0.25, 0.3) is 0 Å². The summed E-state index contributed by atoms with van der Waals surface area (Å²) >= 11 is 5.89. The zero-order valence-electron chi connectivity index (χ0n) is 8.07. The molecule has 5 heteroatoms. The first-order valence-corrected chi connectivity index (χ1v) is 6.24. The van der Waals surface area contributed by atoms with E-state index >= 15 is 0 Å². The second kappa shape index (κ2) is 5.96. The van der Waals surface area contributed by atoms with Gasteiger partial charge in [-0.1, -0.05) is 28.1 Å².